The van der Waals surface area contributed by atoms with Gasteiger partial charge in [0.2, 0.25) is 0 Å². The van der Waals surface area contributed by atoms with E-state index in [4.69, 9.17) is 5.11 Å². The molecule has 2 aromatic heterocycles. The van der Waals surface area contributed by atoms with Crippen LogP contribution in [0, 0.1) is 6.92 Å². The van der Waals surface area contributed by atoms with Crippen molar-refractivity contribution in [3.05, 3.63) is 57.5 Å². The number of benzene rings is 1. The number of hydrogen-bond acceptors (Lipinski definition) is 5. The molecule has 8 heteroatoms. The van der Waals surface area contributed by atoms with Gasteiger partial charge in [-0.25, -0.2) is 9.97 Å². The lowest BCUT2D eigenvalue weighted by atomic mass is 9.78. The van der Waals surface area contributed by atoms with E-state index in [9.17, 15) is 9.59 Å². The highest BCUT2D eigenvalue weighted by Crippen LogP contribution is 2.35. The average Bonchev–Trinajstić information content (AvgIpc) is 2.98. The third-order valence-electron chi connectivity index (χ3n) is 4.71. The highest BCUT2D eigenvalue weighted by molar-refractivity contribution is 5.97. The Kier molecular flexibility index (Phi) is 4.04. The van der Waals surface area contributed by atoms with Gasteiger partial charge in [0.15, 0.2) is 0 Å². The summed E-state index contributed by atoms with van der Waals surface area (Å²) in [5.74, 6) is 1.13. The Morgan fingerprint density at radius 3 is 2.81 bits per heavy atom. The zero-order valence-corrected chi connectivity index (χ0v) is 14.2. The first-order valence-corrected chi connectivity index (χ1v) is 8.50. The van der Waals surface area contributed by atoms with Gasteiger partial charge in [-0.3, -0.25) is 9.59 Å². The maximum atomic E-state index is 12.5. The van der Waals surface area contributed by atoms with Crippen LogP contribution in [0.25, 0.3) is 11.0 Å². The van der Waals surface area contributed by atoms with Crippen molar-refractivity contribution in [2.45, 2.75) is 38.3 Å². The third kappa shape index (κ3) is 3.11. The van der Waals surface area contributed by atoms with E-state index >= 15 is 0 Å². The Morgan fingerprint density at radius 1 is 1.27 bits per heavy atom. The van der Waals surface area contributed by atoms with Crippen molar-refractivity contribution in [3.63, 3.8) is 0 Å². The average molecular weight is 353 g/mol. The van der Waals surface area contributed by atoms with Gasteiger partial charge >= 0.3 is 0 Å². The molecule has 0 saturated heterocycles. The van der Waals surface area contributed by atoms with E-state index in [-0.39, 0.29) is 30.0 Å². The minimum Gasteiger partial charge on any atom is -0.388 e. The second kappa shape index (κ2) is 6.38. The molecule has 0 atom stereocenters. The number of aromatic nitrogens is 4. The lowest BCUT2D eigenvalue weighted by molar-refractivity contribution is 0.0908. The number of fused-ring (bicyclic) bond motifs is 1. The van der Waals surface area contributed by atoms with Crippen molar-refractivity contribution in [3.8, 4) is 0 Å². The summed E-state index contributed by atoms with van der Waals surface area (Å²) in [6, 6.07) is 6.80. The van der Waals surface area contributed by atoms with E-state index in [1.165, 1.54) is 6.07 Å². The molecule has 8 nitrogen and oxygen atoms in total. The molecule has 0 spiro atoms. The molecule has 0 aliphatic heterocycles. The second-order valence-corrected chi connectivity index (χ2v) is 6.67. The lowest BCUT2D eigenvalue weighted by Crippen LogP contribution is -2.43. The van der Waals surface area contributed by atoms with Crippen LogP contribution in [0.5, 0.6) is 0 Å². The summed E-state index contributed by atoms with van der Waals surface area (Å²) in [6.07, 6.45) is 1.53. The number of nitrogens with zero attached hydrogens (tertiary/aromatic N) is 2. The fourth-order valence-corrected chi connectivity index (χ4v) is 3.34. The number of amides is 1. The molecule has 134 valence electrons. The van der Waals surface area contributed by atoms with Gasteiger partial charge in [-0.2, -0.15) is 0 Å². The number of carbonyl (C=O) groups excluding carboxylic acids is 1. The SMILES string of the molecule is Cc1nc(C2CC(NC(=O)c3ccc4nc(CO)[nH]c4c3)C2)cc(=O)[nH]1. The molecule has 3 aromatic rings. The zero-order chi connectivity index (χ0) is 18.3. The van der Waals surface area contributed by atoms with Gasteiger partial charge in [0.05, 0.1) is 16.7 Å². The predicted octanol–water partition coefficient (Wildman–Crippen LogP) is 1.12. The van der Waals surface area contributed by atoms with Gasteiger partial charge in [0, 0.05) is 23.6 Å². The topological polar surface area (TPSA) is 124 Å². The maximum absolute atomic E-state index is 12.5. The molecule has 0 unspecified atom stereocenters. The van der Waals surface area contributed by atoms with Gasteiger partial charge in [-0.15, -0.1) is 0 Å². The van der Waals surface area contributed by atoms with Gasteiger partial charge in [-0.1, -0.05) is 0 Å². The quantitative estimate of drug-likeness (QED) is 0.560. The molecule has 1 aromatic carbocycles. The number of nitrogens with one attached hydrogen (secondary N) is 3. The fraction of sp³-hybridized carbons (Fsp3) is 0.333. The molecule has 1 fully saturated rings. The van der Waals surface area contributed by atoms with Gasteiger partial charge in [0.25, 0.3) is 11.5 Å². The fourth-order valence-electron chi connectivity index (χ4n) is 3.34. The first kappa shape index (κ1) is 16.5. The summed E-state index contributed by atoms with van der Waals surface area (Å²) in [6.45, 7) is 1.59. The van der Waals surface area contributed by atoms with Crippen molar-refractivity contribution in [2.24, 2.45) is 0 Å². The third-order valence-corrected chi connectivity index (χ3v) is 4.71. The Balaban J connectivity index is 1.41. The summed E-state index contributed by atoms with van der Waals surface area (Å²) in [5.41, 5.74) is 2.61. The first-order valence-electron chi connectivity index (χ1n) is 8.50. The van der Waals surface area contributed by atoms with Crippen molar-refractivity contribution < 1.29 is 9.90 Å². The van der Waals surface area contributed by atoms with E-state index in [1.54, 1.807) is 25.1 Å². The highest BCUT2D eigenvalue weighted by Gasteiger charge is 2.33. The molecule has 1 aliphatic rings. The molecule has 2 heterocycles. The van der Waals surface area contributed by atoms with Crippen molar-refractivity contribution in [1.29, 1.82) is 0 Å². The lowest BCUT2D eigenvalue weighted by Gasteiger charge is -2.35. The smallest absolute Gasteiger partial charge is 0.251 e. The van der Waals surface area contributed by atoms with Crippen molar-refractivity contribution in [1.82, 2.24) is 25.3 Å². The number of hydrogen-bond donors (Lipinski definition) is 4. The Hall–Kier alpha value is -3.00. The summed E-state index contributed by atoms with van der Waals surface area (Å²) in [4.78, 5) is 38.2. The van der Waals surface area contributed by atoms with Crippen LogP contribution in [0.3, 0.4) is 0 Å². The summed E-state index contributed by atoms with van der Waals surface area (Å²) < 4.78 is 0. The maximum Gasteiger partial charge on any atom is 0.251 e. The number of carbonyl (C=O) groups is 1. The number of aliphatic hydroxyl groups is 1. The Morgan fingerprint density at radius 2 is 2.08 bits per heavy atom. The van der Waals surface area contributed by atoms with E-state index in [2.05, 4.69) is 25.3 Å². The van der Waals surface area contributed by atoms with Crippen LogP contribution in [-0.4, -0.2) is 37.0 Å². The summed E-state index contributed by atoms with van der Waals surface area (Å²) >= 11 is 0. The van der Waals surface area contributed by atoms with Crippen molar-refractivity contribution >= 4 is 16.9 Å². The molecule has 1 saturated carbocycles. The van der Waals surface area contributed by atoms with E-state index in [0.29, 0.717) is 22.7 Å². The van der Waals surface area contributed by atoms with Gasteiger partial charge < -0.3 is 20.4 Å². The largest absolute Gasteiger partial charge is 0.388 e. The number of rotatable bonds is 4. The molecule has 4 N–H and O–H groups in total. The summed E-state index contributed by atoms with van der Waals surface area (Å²) in [5, 5.41) is 12.1. The molecule has 26 heavy (non-hydrogen) atoms. The molecular formula is C18H19N5O3. The molecule has 4 rings (SSSR count). The van der Waals surface area contributed by atoms with Crippen LogP contribution in [0.1, 0.15) is 46.5 Å². The minimum absolute atomic E-state index is 0.0689. The number of aromatic amines is 2. The van der Waals surface area contributed by atoms with E-state index < -0.39 is 0 Å². The molecule has 1 aliphatic carbocycles. The minimum atomic E-state index is -0.171. The standard InChI is InChI=1S/C18H19N5O3/c1-9-19-14(7-17(25)20-9)11-4-12(5-11)21-18(26)10-2-3-13-15(6-10)23-16(8-24)22-13/h2-3,6-7,11-12,24H,4-5,8H2,1H3,(H,21,26)(H,22,23)(H,19,20,25). The van der Waals surface area contributed by atoms with Crippen LogP contribution in [0.4, 0.5) is 0 Å². The van der Waals surface area contributed by atoms with Crippen LogP contribution in [0.2, 0.25) is 0 Å². The molecule has 0 bridgehead atoms. The number of imidazole rings is 1. The Bertz CT molecular complexity index is 1030. The normalized spacial score (nSPS) is 19.3. The molecular weight excluding hydrogens is 334 g/mol. The molecule has 1 amide bonds. The summed E-state index contributed by atoms with van der Waals surface area (Å²) in [7, 11) is 0. The van der Waals surface area contributed by atoms with Gasteiger partial charge in [0.1, 0.15) is 18.3 Å². The molecule has 0 radical (unpaired) electrons. The van der Waals surface area contributed by atoms with Crippen LogP contribution in [0.15, 0.2) is 29.1 Å². The van der Waals surface area contributed by atoms with Crippen LogP contribution < -0.4 is 10.9 Å². The van der Waals surface area contributed by atoms with Crippen molar-refractivity contribution in [2.75, 3.05) is 0 Å². The number of aryl methyl sites for hydroxylation is 1. The van der Waals surface area contributed by atoms with Gasteiger partial charge in [-0.05, 0) is 38.0 Å². The first-order chi connectivity index (χ1) is 12.5. The predicted molar refractivity (Wildman–Crippen MR) is 94.8 cm³/mol. The van der Waals surface area contributed by atoms with E-state index in [1.807, 2.05) is 0 Å². The number of H-pyrrole nitrogens is 2. The zero-order valence-electron chi connectivity index (χ0n) is 14.2. The van der Waals surface area contributed by atoms with Crippen LogP contribution in [-0.2, 0) is 6.61 Å². The second-order valence-electron chi connectivity index (χ2n) is 6.67. The van der Waals surface area contributed by atoms with E-state index in [0.717, 1.165) is 24.1 Å². The number of aliphatic hydroxyl groups excluding tert-OH is 1. The Labute approximate surface area is 148 Å². The van der Waals surface area contributed by atoms with Crippen LogP contribution >= 0.6 is 0 Å². The monoisotopic (exact) mass is 353 g/mol. The highest BCUT2D eigenvalue weighted by atomic mass is 16.3.